The summed E-state index contributed by atoms with van der Waals surface area (Å²) in [6.07, 6.45) is 2.01. The molecule has 1 aromatic carbocycles. The fraction of sp³-hybridized carbons (Fsp3) is 0.412. The minimum atomic E-state index is -1.19. The topological polar surface area (TPSA) is 116 Å². The van der Waals surface area contributed by atoms with Crippen LogP contribution in [-0.4, -0.2) is 46.4 Å². The highest BCUT2D eigenvalue weighted by Gasteiger charge is 2.43. The van der Waals surface area contributed by atoms with Crippen LogP contribution in [0.25, 0.3) is 0 Å². The van der Waals surface area contributed by atoms with Crippen molar-refractivity contribution in [3.05, 3.63) is 35.4 Å². The fourth-order valence-corrected chi connectivity index (χ4v) is 3.29. The van der Waals surface area contributed by atoms with Gasteiger partial charge in [-0.3, -0.25) is 14.9 Å². The number of likely N-dealkylation sites (tertiary alicyclic amines) is 1. The first-order valence-corrected chi connectivity index (χ1v) is 8.11. The third-order valence-corrected chi connectivity index (χ3v) is 4.80. The number of aliphatic carboxylic acids is 1. The summed E-state index contributed by atoms with van der Waals surface area (Å²) in [7, 11) is 0. The molecule has 0 aliphatic carbocycles. The molecule has 2 atom stereocenters. The summed E-state index contributed by atoms with van der Waals surface area (Å²) in [5, 5.41) is 14.0. The van der Waals surface area contributed by atoms with E-state index >= 15 is 0 Å². The lowest BCUT2D eigenvalue weighted by molar-refractivity contribution is -0.143. The van der Waals surface area contributed by atoms with Gasteiger partial charge in [0.05, 0.1) is 0 Å². The summed E-state index contributed by atoms with van der Waals surface area (Å²) < 4.78 is 0. The molecule has 1 aromatic rings. The summed E-state index contributed by atoms with van der Waals surface area (Å²) in [5.41, 5.74) is -0.293. The number of carboxylic acids is 1. The molecular weight excluding hydrogens is 326 g/mol. The molecule has 0 bridgehead atoms. The highest BCUT2D eigenvalue weighted by atomic mass is 16.4. The number of piperidine rings is 1. The second-order valence-electron chi connectivity index (χ2n) is 6.46. The molecule has 2 heterocycles. The van der Waals surface area contributed by atoms with Crippen molar-refractivity contribution in [2.24, 2.45) is 0 Å². The van der Waals surface area contributed by atoms with Crippen LogP contribution < -0.4 is 10.6 Å². The van der Waals surface area contributed by atoms with Crippen LogP contribution in [0, 0.1) is 0 Å². The van der Waals surface area contributed by atoms with Gasteiger partial charge in [-0.2, -0.15) is 0 Å². The van der Waals surface area contributed by atoms with Gasteiger partial charge < -0.3 is 15.3 Å². The van der Waals surface area contributed by atoms with Crippen molar-refractivity contribution < 1.29 is 24.3 Å². The second-order valence-corrected chi connectivity index (χ2v) is 6.46. The van der Waals surface area contributed by atoms with E-state index in [0.29, 0.717) is 24.1 Å². The Morgan fingerprint density at radius 2 is 1.88 bits per heavy atom. The molecular formula is C17H19N3O5. The van der Waals surface area contributed by atoms with Crippen molar-refractivity contribution in [1.29, 1.82) is 0 Å². The number of carbonyl (C=O) groups is 4. The summed E-state index contributed by atoms with van der Waals surface area (Å²) in [5.74, 6) is -1.80. The second kappa shape index (κ2) is 6.19. The number of imide groups is 1. The van der Waals surface area contributed by atoms with Crippen LogP contribution in [0.3, 0.4) is 0 Å². The van der Waals surface area contributed by atoms with Crippen LogP contribution in [0.4, 0.5) is 4.79 Å². The molecule has 8 nitrogen and oxygen atoms in total. The largest absolute Gasteiger partial charge is 0.480 e. The molecule has 0 spiro atoms. The summed E-state index contributed by atoms with van der Waals surface area (Å²) in [6, 6.07) is 4.92. The van der Waals surface area contributed by atoms with E-state index < -0.39 is 29.5 Å². The third-order valence-electron chi connectivity index (χ3n) is 4.80. The van der Waals surface area contributed by atoms with Crippen molar-refractivity contribution in [2.45, 2.75) is 37.8 Å². The van der Waals surface area contributed by atoms with Crippen molar-refractivity contribution >= 4 is 23.8 Å². The van der Waals surface area contributed by atoms with Crippen molar-refractivity contribution in [1.82, 2.24) is 15.5 Å². The highest BCUT2D eigenvalue weighted by Crippen LogP contribution is 2.26. The van der Waals surface area contributed by atoms with Crippen LogP contribution in [0.1, 0.15) is 42.1 Å². The van der Waals surface area contributed by atoms with E-state index in [9.17, 15) is 24.3 Å². The molecule has 8 heteroatoms. The standard InChI is InChI=1S/C17H19N3O5/c1-17(15(24)18-16(25)19-17)11-7-5-10(6-8-11)13(21)20-9-3-2-4-12(20)14(22)23/h5-8,12H,2-4,9H2,1H3,(H,22,23)(H2,18,19,24,25)/t12-,17?/m1/s1. The molecule has 0 saturated carbocycles. The van der Waals surface area contributed by atoms with Gasteiger partial charge in [0.1, 0.15) is 11.6 Å². The molecule has 0 aromatic heterocycles. The Labute approximate surface area is 144 Å². The number of hydrogen-bond donors (Lipinski definition) is 3. The van der Waals surface area contributed by atoms with E-state index in [2.05, 4.69) is 10.6 Å². The quantitative estimate of drug-likeness (QED) is 0.702. The maximum absolute atomic E-state index is 12.7. The first kappa shape index (κ1) is 16.9. The maximum atomic E-state index is 12.7. The summed E-state index contributed by atoms with van der Waals surface area (Å²) in [4.78, 5) is 48.7. The van der Waals surface area contributed by atoms with Crippen LogP contribution in [0.15, 0.2) is 24.3 Å². The third kappa shape index (κ3) is 2.95. The van der Waals surface area contributed by atoms with Gasteiger partial charge in [0.25, 0.3) is 11.8 Å². The highest BCUT2D eigenvalue weighted by molar-refractivity contribution is 6.07. The van der Waals surface area contributed by atoms with E-state index in [1.54, 1.807) is 31.2 Å². The maximum Gasteiger partial charge on any atom is 0.326 e. The lowest BCUT2D eigenvalue weighted by Gasteiger charge is -2.33. The Bertz CT molecular complexity index is 745. The Hall–Kier alpha value is -2.90. The first-order chi connectivity index (χ1) is 11.8. The van der Waals surface area contributed by atoms with Gasteiger partial charge in [-0.1, -0.05) is 12.1 Å². The first-order valence-electron chi connectivity index (χ1n) is 8.11. The van der Waals surface area contributed by atoms with Gasteiger partial charge in [-0.25, -0.2) is 9.59 Å². The van der Waals surface area contributed by atoms with Crippen molar-refractivity contribution in [3.8, 4) is 0 Å². The van der Waals surface area contributed by atoms with Gasteiger partial charge in [-0.05, 0) is 43.9 Å². The minimum Gasteiger partial charge on any atom is -0.480 e. The minimum absolute atomic E-state index is 0.344. The molecule has 2 fully saturated rings. The number of nitrogens with one attached hydrogen (secondary N) is 2. The fourth-order valence-electron chi connectivity index (χ4n) is 3.29. The molecule has 4 amide bonds. The zero-order chi connectivity index (χ0) is 18.2. The Balaban J connectivity index is 1.82. The SMILES string of the molecule is CC1(c2ccc(C(=O)N3CCCC[C@@H]3C(=O)O)cc2)NC(=O)NC1=O. The van der Waals surface area contributed by atoms with E-state index in [4.69, 9.17) is 0 Å². The smallest absolute Gasteiger partial charge is 0.326 e. The monoisotopic (exact) mass is 345 g/mol. The summed E-state index contributed by atoms with van der Waals surface area (Å²) in [6.45, 7) is 1.99. The van der Waals surface area contributed by atoms with E-state index in [1.165, 1.54) is 4.90 Å². The average molecular weight is 345 g/mol. The van der Waals surface area contributed by atoms with Gasteiger partial charge in [-0.15, -0.1) is 0 Å². The van der Waals surface area contributed by atoms with Gasteiger partial charge in [0, 0.05) is 12.1 Å². The number of carboxylic acid groups (broad SMARTS) is 1. The lowest BCUT2D eigenvalue weighted by Crippen LogP contribution is -2.48. The number of benzene rings is 1. The molecule has 0 radical (unpaired) electrons. The lowest BCUT2D eigenvalue weighted by atomic mass is 9.91. The predicted octanol–water partition coefficient (Wildman–Crippen LogP) is 0.821. The molecule has 132 valence electrons. The zero-order valence-electron chi connectivity index (χ0n) is 13.7. The molecule has 3 rings (SSSR count). The van der Waals surface area contributed by atoms with Crippen LogP contribution in [0.2, 0.25) is 0 Å². The molecule has 2 aliphatic rings. The molecule has 1 unspecified atom stereocenters. The van der Waals surface area contributed by atoms with E-state index in [1.807, 2.05) is 0 Å². The zero-order valence-corrected chi connectivity index (χ0v) is 13.7. The molecule has 25 heavy (non-hydrogen) atoms. The molecule has 2 aliphatic heterocycles. The number of carbonyl (C=O) groups excluding carboxylic acids is 3. The average Bonchev–Trinajstić information content (AvgIpc) is 2.87. The number of urea groups is 1. The number of nitrogens with zero attached hydrogens (tertiary/aromatic N) is 1. The van der Waals surface area contributed by atoms with Crippen molar-refractivity contribution in [3.63, 3.8) is 0 Å². The van der Waals surface area contributed by atoms with E-state index in [0.717, 1.165) is 12.8 Å². The Morgan fingerprint density at radius 1 is 1.20 bits per heavy atom. The number of hydrogen-bond acceptors (Lipinski definition) is 4. The number of rotatable bonds is 3. The van der Waals surface area contributed by atoms with Gasteiger partial charge in [0.2, 0.25) is 0 Å². The normalized spacial score (nSPS) is 26.1. The van der Waals surface area contributed by atoms with Crippen molar-refractivity contribution in [2.75, 3.05) is 6.54 Å². The molecule has 2 saturated heterocycles. The van der Waals surface area contributed by atoms with E-state index in [-0.39, 0.29) is 5.91 Å². The predicted molar refractivity (Wildman–Crippen MR) is 86.8 cm³/mol. The van der Waals surface area contributed by atoms with Gasteiger partial charge in [0.15, 0.2) is 0 Å². The van der Waals surface area contributed by atoms with Crippen LogP contribution in [-0.2, 0) is 15.1 Å². The summed E-state index contributed by atoms with van der Waals surface area (Å²) >= 11 is 0. The Morgan fingerprint density at radius 3 is 2.44 bits per heavy atom. The van der Waals surface area contributed by atoms with Gasteiger partial charge >= 0.3 is 12.0 Å². The Kier molecular flexibility index (Phi) is 4.20. The van der Waals surface area contributed by atoms with Crippen LogP contribution in [0.5, 0.6) is 0 Å². The van der Waals surface area contributed by atoms with Crippen LogP contribution >= 0.6 is 0 Å². The molecule has 3 N–H and O–H groups in total. The number of amides is 4.